The van der Waals surface area contributed by atoms with E-state index in [9.17, 15) is 9.59 Å². The van der Waals surface area contributed by atoms with E-state index >= 15 is 0 Å². The van der Waals surface area contributed by atoms with Crippen molar-refractivity contribution in [2.24, 2.45) is 11.8 Å². The van der Waals surface area contributed by atoms with Crippen molar-refractivity contribution in [3.05, 3.63) is 52.6 Å². The molecular formula is C23H29N5O4. The number of fused-ring (bicyclic) bond motifs is 1. The number of H-pyrrole nitrogens is 1. The third kappa shape index (κ3) is 4.25. The second-order valence-electron chi connectivity index (χ2n) is 8.58. The first-order chi connectivity index (χ1) is 15.4. The van der Waals surface area contributed by atoms with Crippen molar-refractivity contribution in [1.82, 2.24) is 19.5 Å². The number of benzene rings is 1. The van der Waals surface area contributed by atoms with Gasteiger partial charge in [-0.2, -0.15) is 4.98 Å². The summed E-state index contributed by atoms with van der Waals surface area (Å²) >= 11 is 0. The number of nitrogens with one attached hydrogen (secondary N) is 2. The second kappa shape index (κ2) is 9.12. The van der Waals surface area contributed by atoms with Gasteiger partial charge in [-0.15, -0.1) is 0 Å². The molecule has 4 atom stereocenters. The van der Waals surface area contributed by atoms with Gasteiger partial charge in [-0.3, -0.25) is 14.3 Å². The van der Waals surface area contributed by atoms with Crippen LogP contribution in [-0.4, -0.2) is 44.2 Å². The summed E-state index contributed by atoms with van der Waals surface area (Å²) < 4.78 is 13.9. The van der Waals surface area contributed by atoms with Crippen molar-refractivity contribution in [3.63, 3.8) is 0 Å². The highest BCUT2D eigenvalue weighted by Crippen LogP contribution is 2.38. The summed E-state index contributed by atoms with van der Waals surface area (Å²) in [4.78, 5) is 36.9. The Bertz CT molecular complexity index is 1140. The third-order valence-corrected chi connectivity index (χ3v) is 5.74. The highest BCUT2D eigenvalue weighted by atomic mass is 16.6. The zero-order valence-electron chi connectivity index (χ0n) is 18.7. The maximum absolute atomic E-state index is 12.8. The van der Waals surface area contributed by atoms with Gasteiger partial charge in [0.25, 0.3) is 5.56 Å². The molecule has 0 bridgehead atoms. The van der Waals surface area contributed by atoms with Crippen molar-refractivity contribution >= 4 is 23.1 Å². The smallest absolute Gasteiger partial charge is 0.338 e. The normalized spacial score (nSPS) is 23.0. The van der Waals surface area contributed by atoms with Gasteiger partial charge in [-0.05, 0) is 24.5 Å². The topological polar surface area (TPSA) is 111 Å². The van der Waals surface area contributed by atoms with E-state index in [1.165, 1.54) is 6.33 Å². The molecule has 9 heteroatoms. The number of carbonyl (C=O) groups is 1. The lowest BCUT2D eigenvalue weighted by Gasteiger charge is -2.22. The van der Waals surface area contributed by atoms with Crippen molar-refractivity contribution in [3.8, 4) is 0 Å². The second-order valence-corrected chi connectivity index (χ2v) is 8.58. The zero-order chi connectivity index (χ0) is 22.8. The number of ether oxygens (including phenoxy) is 2. The van der Waals surface area contributed by atoms with Gasteiger partial charge < -0.3 is 14.8 Å². The van der Waals surface area contributed by atoms with E-state index in [0.29, 0.717) is 29.6 Å². The summed E-state index contributed by atoms with van der Waals surface area (Å²) in [6.07, 6.45) is 0.987. The average Bonchev–Trinajstić information content (AvgIpc) is 3.34. The first-order valence-electron chi connectivity index (χ1n) is 11.0. The van der Waals surface area contributed by atoms with Crippen LogP contribution in [0, 0.1) is 11.8 Å². The van der Waals surface area contributed by atoms with Gasteiger partial charge in [0.1, 0.15) is 0 Å². The van der Waals surface area contributed by atoms with Crippen LogP contribution in [0.1, 0.15) is 50.7 Å². The quantitative estimate of drug-likeness (QED) is 0.543. The van der Waals surface area contributed by atoms with Crippen LogP contribution in [0.15, 0.2) is 41.5 Å². The number of rotatable bonds is 7. The van der Waals surface area contributed by atoms with Gasteiger partial charge in [0.2, 0.25) is 5.95 Å². The van der Waals surface area contributed by atoms with E-state index < -0.39 is 18.3 Å². The van der Waals surface area contributed by atoms with Gasteiger partial charge in [0, 0.05) is 12.5 Å². The van der Waals surface area contributed by atoms with Gasteiger partial charge in [0.05, 0.1) is 18.0 Å². The van der Waals surface area contributed by atoms with E-state index in [0.717, 1.165) is 6.42 Å². The van der Waals surface area contributed by atoms with Gasteiger partial charge in [-0.1, -0.05) is 45.9 Å². The molecular weight excluding hydrogens is 410 g/mol. The Hall–Kier alpha value is -3.20. The number of esters is 1. The molecule has 0 saturated carbocycles. The summed E-state index contributed by atoms with van der Waals surface area (Å²) in [5, 5.41) is 3.14. The van der Waals surface area contributed by atoms with Crippen molar-refractivity contribution in [2.75, 3.05) is 11.9 Å². The molecule has 3 aromatic rings. The van der Waals surface area contributed by atoms with Crippen molar-refractivity contribution in [1.29, 1.82) is 0 Å². The predicted molar refractivity (Wildman–Crippen MR) is 120 cm³/mol. The number of carbonyl (C=O) groups excluding carboxylic acids is 1. The molecule has 32 heavy (non-hydrogen) atoms. The predicted octanol–water partition coefficient (Wildman–Crippen LogP) is 3.36. The number of aromatic nitrogens is 4. The Morgan fingerprint density at radius 2 is 2.06 bits per heavy atom. The maximum Gasteiger partial charge on any atom is 0.338 e. The minimum atomic E-state index is -0.639. The zero-order valence-corrected chi connectivity index (χ0v) is 18.7. The van der Waals surface area contributed by atoms with Crippen LogP contribution in [0.25, 0.3) is 11.2 Å². The Morgan fingerprint density at radius 1 is 1.31 bits per heavy atom. The van der Waals surface area contributed by atoms with Crippen LogP contribution in [0.5, 0.6) is 0 Å². The van der Waals surface area contributed by atoms with Crippen LogP contribution in [0.3, 0.4) is 0 Å². The van der Waals surface area contributed by atoms with Gasteiger partial charge >= 0.3 is 5.97 Å². The monoisotopic (exact) mass is 439 g/mol. The Balaban J connectivity index is 1.69. The van der Waals surface area contributed by atoms with Crippen molar-refractivity contribution in [2.45, 2.75) is 52.6 Å². The van der Waals surface area contributed by atoms with Crippen LogP contribution < -0.4 is 10.9 Å². The molecule has 1 saturated heterocycles. The lowest BCUT2D eigenvalue weighted by atomic mass is 9.98. The minimum absolute atomic E-state index is 0.0457. The van der Waals surface area contributed by atoms with Crippen LogP contribution >= 0.6 is 0 Å². The SMILES string of the molecule is CC[C@@H]1O[C@@H](n2cnc3c(=O)[nH]c(NCC(C)C)nc32)[C@H](OC(=O)c2ccccc2)[C@H]1C. The Labute approximate surface area is 186 Å². The molecule has 4 rings (SSSR count). The lowest BCUT2D eigenvalue weighted by molar-refractivity contribution is -0.0469. The highest BCUT2D eigenvalue weighted by Gasteiger charge is 2.45. The first-order valence-corrected chi connectivity index (χ1v) is 11.0. The number of hydrogen-bond donors (Lipinski definition) is 2. The van der Waals surface area contributed by atoms with Crippen LogP contribution in [0.2, 0.25) is 0 Å². The molecule has 1 aromatic carbocycles. The first kappa shape index (κ1) is 22.0. The molecule has 1 aliphatic rings. The average molecular weight is 440 g/mol. The Kier molecular flexibility index (Phi) is 6.27. The van der Waals surface area contributed by atoms with E-state index in [1.807, 2.05) is 19.9 Å². The molecule has 170 valence electrons. The lowest BCUT2D eigenvalue weighted by Crippen LogP contribution is -2.30. The van der Waals surface area contributed by atoms with Crippen LogP contribution in [-0.2, 0) is 9.47 Å². The molecule has 0 spiro atoms. The van der Waals surface area contributed by atoms with E-state index in [4.69, 9.17) is 9.47 Å². The molecule has 1 aliphatic heterocycles. The molecule has 2 N–H and O–H groups in total. The fourth-order valence-electron chi connectivity index (χ4n) is 3.97. The van der Waals surface area contributed by atoms with Gasteiger partial charge in [0.15, 0.2) is 23.5 Å². The molecule has 0 unspecified atom stereocenters. The minimum Gasteiger partial charge on any atom is -0.454 e. The van der Waals surface area contributed by atoms with E-state index in [2.05, 4.69) is 34.1 Å². The summed E-state index contributed by atoms with van der Waals surface area (Å²) in [7, 11) is 0. The Morgan fingerprint density at radius 3 is 2.75 bits per heavy atom. The largest absolute Gasteiger partial charge is 0.454 e. The number of imidazole rings is 1. The molecule has 2 aromatic heterocycles. The maximum atomic E-state index is 12.8. The number of nitrogens with zero attached hydrogens (tertiary/aromatic N) is 3. The van der Waals surface area contributed by atoms with Gasteiger partial charge in [-0.25, -0.2) is 9.78 Å². The van der Waals surface area contributed by atoms with E-state index in [1.54, 1.807) is 28.8 Å². The summed E-state index contributed by atoms with van der Waals surface area (Å²) in [5.74, 6) is 0.291. The molecule has 1 fully saturated rings. The molecule has 0 aliphatic carbocycles. The van der Waals surface area contributed by atoms with Crippen LogP contribution in [0.4, 0.5) is 5.95 Å². The number of hydrogen-bond acceptors (Lipinski definition) is 7. The molecule has 9 nitrogen and oxygen atoms in total. The number of anilines is 1. The fourth-order valence-corrected chi connectivity index (χ4v) is 3.97. The molecule has 0 radical (unpaired) electrons. The fraction of sp³-hybridized carbons (Fsp3) is 0.478. The highest BCUT2D eigenvalue weighted by molar-refractivity contribution is 5.89. The molecule has 3 heterocycles. The van der Waals surface area contributed by atoms with Crippen molar-refractivity contribution < 1.29 is 14.3 Å². The summed E-state index contributed by atoms with van der Waals surface area (Å²) in [6, 6.07) is 8.87. The summed E-state index contributed by atoms with van der Waals surface area (Å²) in [6.45, 7) is 8.83. The number of aromatic amines is 1. The molecule has 0 amide bonds. The van der Waals surface area contributed by atoms with E-state index in [-0.39, 0.29) is 23.1 Å². The summed E-state index contributed by atoms with van der Waals surface area (Å²) in [5.41, 5.74) is 0.735. The third-order valence-electron chi connectivity index (χ3n) is 5.74. The standard InChI is InChI=1S/C23H29N5O4/c1-5-16-14(4)18(32-22(30)15-9-7-6-8-10-15)21(31-16)28-12-25-17-19(28)26-23(27-20(17)29)24-11-13(2)3/h6-10,12-14,16,18,21H,5,11H2,1-4H3,(H2,24,26,27,29)/t14-,16-,18+,21+/m0/s1.